The standard InChI is InChI=1S/C33H29BrFNO4/c34-27-16-17-30(35)28(20-27)32-23-38-31(29(32)21-40-36(32)18-19-37)22-39-33(24-10-4-1-5-11-24,25-12-6-2-7-13-25)26-14-8-3-9-15-26/h1-17,19-20,29,31H,18,21-23H2/t29-,31-,32-/m1/s1. The van der Waals surface area contributed by atoms with Crippen molar-refractivity contribution in [3.8, 4) is 0 Å². The van der Waals surface area contributed by atoms with Gasteiger partial charge in [-0.3, -0.25) is 4.84 Å². The Morgan fingerprint density at radius 1 is 0.925 bits per heavy atom. The van der Waals surface area contributed by atoms with Crippen molar-refractivity contribution in [2.24, 2.45) is 5.92 Å². The van der Waals surface area contributed by atoms with Crippen LogP contribution >= 0.6 is 15.9 Å². The van der Waals surface area contributed by atoms with E-state index in [9.17, 15) is 4.79 Å². The molecule has 4 aromatic rings. The first-order valence-corrected chi connectivity index (χ1v) is 14.1. The number of fused-ring (bicyclic) bond motifs is 1. The summed E-state index contributed by atoms with van der Waals surface area (Å²) in [6, 6.07) is 35.3. The van der Waals surface area contributed by atoms with Gasteiger partial charge in [-0.15, -0.1) is 0 Å². The molecule has 7 heteroatoms. The second-order valence-corrected chi connectivity index (χ2v) is 11.0. The molecule has 2 aliphatic rings. The van der Waals surface area contributed by atoms with Crippen molar-refractivity contribution in [3.05, 3.63) is 142 Å². The molecular weight excluding hydrogens is 573 g/mol. The third kappa shape index (κ3) is 4.52. The molecule has 4 aromatic carbocycles. The molecule has 2 saturated heterocycles. The van der Waals surface area contributed by atoms with Crippen LogP contribution in [0.3, 0.4) is 0 Å². The summed E-state index contributed by atoms with van der Waals surface area (Å²) in [6.07, 6.45) is 0.361. The molecule has 204 valence electrons. The minimum atomic E-state index is -0.961. The zero-order valence-electron chi connectivity index (χ0n) is 21.8. The van der Waals surface area contributed by atoms with E-state index in [4.69, 9.17) is 14.3 Å². The number of benzene rings is 4. The highest BCUT2D eigenvalue weighted by Gasteiger charge is 2.60. The van der Waals surface area contributed by atoms with Gasteiger partial charge in [-0.05, 0) is 34.9 Å². The van der Waals surface area contributed by atoms with Gasteiger partial charge in [-0.25, -0.2) is 4.39 Å². The molecule has 40 heavy (non-hydrogen) atoms. The van der Waals surface area contributed by atoms with Crippen LogP contribution in [0.25, 0.3) is 0 Å². The van der Waals surface area contributed by atoms with Crippen LogP contribution in [-0.4, -0.2) is 43.8 Å². The van der Waals surface area contributed by atoms with Gasteiger partial charge in [0.15, 0.2) is 0 Å². The number of hydroxylamine groups is 2. The van der Waals surface area contributed by atoms with Crippen molar-refractivity contribution in [1.82, 2.24) is 5.06 Å². The normalized spacial score (nSPS) is 22.8. The van der Waals surface area contributed by atoms with E-state index in [0.717, 1.165) is 27.4 Å². The number of rotatable bonds is 9. The van der Waals surface area contributed by atoms with Crippen molar-refractivity contribution in [3.63, 3.8) is 0 Å². The highest BCUT2D eigenvalue weighted by atomic mass is 79.9. The van der Waals surface area contributed by atoms with Gasteiger partial charge >= 0.3 is 0 Å². The monoisotopic (exact) mass is 601 g/mol. The summed E-state index contributed by atoms with van der Waals surface area (Å²) in [7, 11) is 0. The molecule has 0 N–H and O–H groups in total. The Bertz CT molecular complexity index is 1360. The van der Waals surface area contributed by atoms with E-state index in [2.05, 4.69) is 52.3 Å². The molecule has 0 bridgehead atoms. The lowest BCUT2D eigenvalue weighted by Crippen LogP contribution is -2.47. The first-order chi connectivity index (χ1) is 19.6. The summed E-state index contributed by atoms with van der Waals surface area (Å²) in [5, 5.41) is 1.58. The lowest BCUT2D eigenvalue weighted by atomic mass is 9.78. The van der Waals surface area contributed by atoms with Crippen molar-refractivity contribution < 1.29 is 23.5 Å². The highest BCUT2D eigenvalue weighted by molar-refractivity contribution is 9.10. The van der Waals surface area contributed by atoms with E-state index in [0.29, 0.717) is 5.56 Å². The number of hydrogen-bond donors (Lipinski definition) is 0. The van der Waals surface area contributed by atoms with E-state index in [1.165, 1.54) is 6.07 Å². The Kier molecular flexibility index (Phi) is 7.66. The van der Waals surface area contributed by atoms with E-state index in [-0.39, 0.29) is 38.1 Å². The highest BCUT2D eigenvalue weighted by Crippen LogP contribution is 2.51. The summed E-state index contributed by atoms with van der Waals surface area (Å²) in [5.41, 5.74) is 1.52. The lowest BCUT2D eigenvalue weighted by molar-refractivity contribution is -0.178. The molecule has 0 aromatic heterocycles. The largest absolute Gasteiger partial charge is 0.373 e. The Morgan fingerprint density at radius 3 is 2.05 bits per heavy atom. The smallest absolute Gasteiger partial charge is 0.143 e. The fourth-order valence-electron chi connectivity index (χ4n) is 6.22. The number of hydrogen-bond acceptors (Lipinski definition) is 5. The average Bonchev–Trinajstić information content (AvgIpc) is 3.55. The first kappa shape index (κ1) is 27.0. The Morgan fingerprint density at radius 2 is 1.50 bits per heavy atom. The predicted octanol–water partition coefficient (Wildman–Crippen LogP) is 6.25. The number of ether oxygens (including phenoxy) is 2. The zero-order valence-corrected chi connectivity index (χ0v) is 23.4. The van der Waals surface area contributed by atoms with Gasteiger partial charge in [0.2, 0.25) is 0 Å². The summed E-state index contributed by atoms with van der Waals surface area (Å²) in [4.78, 5) is 17.6. The van der Waals surface area contributed by atoms with E-state index in [1.54, 1.807) is 17.2 Å². The van der Waals surface area contributed by atoms with Crippen LogP contribution in [0.2, 0.25) is 0 Å². The summed E-state index contributed by atoms with van der Waals surface area (Å²) in [5.74, 6) is -0.636. The number of carbonyl (C=O) groups is 1. The first-order valence-electron chi connectivity index (χ1n) is 13.3. The molecule has 5 nitrogen and oxygen atoms in total. The van der Waals surface area contributed by atoms with Crippen LogP contribution in [0, 0.1) is 11.7 Å². The third-order valence-electron chi connectivity index (χ3n) is 8.07. The molecule has 2 fully saturated rings. The summed E-state index contributed by atoms with van der Waals surface area (Å²) >= 11 is 3.48. The average molecular weight is 603 g/mol. The van der Waals surface area contributed by atoms with Gasteiger partial charge in [0.1, 0.15) is 23.2 Å². The quantitative estimate of drug-likeness (QED) is 0.167. The summed E-state index contributed by atoms with van der Waals surface area (Å²) in [6.45, 7) is 0.672. The molecule has 6 rings (SSSR count). The van der Waals surface area contributed by atoms with Crippen molar-refractivity contribution in [1.29, 1.82) is 0 Å². The predicted molar refractivity (Wildman–Crippen MR) is 153 cm³/mol. The van der Waals surface area contributed by atoms with Gasteiger partial charge in [0.05, 0.1) is 32.5 Å². The molecule has 0 spiro atoms. The van der Waals surface area contributed by atoms with E-state index >= 15 is 4.39 Å². The van der Waals surface area contributed by atoms with Crippen molar-refractivity contribution in [2.45, 2.75) is 17.2 Å². The number of halogens is 2. The van der Waals surface area contributed by atoms with Crippen LogP contribution < -0.4 is 0 Å². The maximum Gasteiger partial charge on any atom is 0.143 e. The Balaban J connectivity index is 1.41. The van der Waals surface area contributed by atoms with Crippen LogP contribution in [-0.2, 0) is 30.2 Å². The minimum Gasteiger partial charge on any atom is -0.373 e. The fourth-order valence-corrected chi connectivity index (χ4v) is 6.58. The van der Waals surface area contributed by atoms with Gasteiger partial charge < -0.3 is 14.3 Å². The van der Waals surface area contributed by atoms with Gasteiger partial charge in [0, 0.05) is 16.0 Å². The van der Waals surface area contributed by atoms with E-state index < -0.39 is 17.2 Å². The molecule has 0 aliphatic carbocycles. The Hall–Kier alpha value is -3.20. The molecule has 2 heterocycles. The second kappa shape index (κ2) is 11.4. The van der Waals surface area contributed by atoms with Gasteiger partial charge in [-0.1, -0.05) is 107 Å². The third-order valence-corrected chi connectivity index (χ3v) is 8.57. The van der Waals surface area contributed by atoms with Crippen molar-refractivity contribution in [2.75, 3.05) is 26.4 Å². The van der Waals surface area contributed by atoms with Gasteiger partial charge in [-0.2, -0.15) is 5.06 Å². The van der Waals surface area contributed by atoms with Crippen LogP contribution in [0.1, 0.15) is 22.3 Å². The fraction of sp³-hybridized carbons (Fsp3) is 0.242. The summed E-state index contributed by atoms with van der Waals surface area (Å²) < 4.78 is 29.5. The number of nitrogens with zero attached hydrogens (tertiary/aromatic N) is 1. The zero-order chi connectivity index (χ0) is 27.6. The van der Waals surface area contributed by atoms with Crippen LogP contribution in [0.15, 0.2) is 114 Å². The van der Waals surface area contributed by atoms with E-state index in [1.807, 2.05) is 54.6 Å². The molecular formula is C33H29BrFNO4. The second-order valence-electron chi connectivity index (χ2n) is 10.1. The molecule has 0 amide bonds. The maximum atomic E-state index is 15.4. The maximum absolute atomic E-state index is 15.4. The van der Waals surface area contributed by atoms with Crippen LogP contribution in [0.4, 0.5) is 4.39 Å². The van der Waals surface area contributed by atoms with Gasteiger partial charge in [0.25, 0.3) is 0 Å². The topological polar surface area (TPSA) is 48.0 Å². The van der Waals surface area contributed by atoms with Crippen molar-refractivity contribution >= 4 is 22.2 Å². The number of aldehydes is 1. The molecule has 0 saturated carbocycles. The molecule has 2 aliphatic heterocycles. The molecule has 0 unspecified atom stereocenters. The molecule has 0 radical (unpaired) electrons. The van der Waals surface area contributed by atoms with Crippen LogP contribution in [0.5, 0.6) is 0 Å². The number of carbonyl (C=O) groups excluding carboxylic acids is 1. The minimum absolute atomic E-state index is 0.00136. The lowest BCUT2D eigenvalue weighted by Gasteiger charge is -2.37. The SMILES string of the molecule is O=CCN1OC[C@@H]2[C@@H](COC(c3ccccc3)(c3ccccc3)c3ccccc3)OC[C@@]21c1cc(Br)ccc1F. The Labute approximate surface area is 241 Å². The molecule has 3 atom stereocenters.